The molecule has 0 bridgehead atoms. The number of ether oxygens (including phenoxy) is 1. The summed E-state index contributed by atoms with van der Waals surface area (Å²) in [5, 5.41) is 2.07. The summed E-state index contributed by atoms with van der Waals surface area (Å²) in [6.07, 6.45) is 1.87. The first-order chi connectivity index (χ1) is 6.77. The molecule has 3 N–H and O–H groups in total. The Balaban J connectivity index is 2.44. The van der Waals surface area contributed by atoms with Gasteiger partial charge in [-0.2, -0.15) is 0 Å². The molecule has 1 unspecified atom stereocenters. The van der Waals surface area contributed by atoms with Gasteiger partial charge in [-0.15, -0.1) is 11.3 Å². The predicted molar refractivity (Wildman–Crippen MR) is 63.3 cm³/mol. The number of hydrazine groups is 1. The van der Waals surface area contributed by atoms with Crippen LogP contribution >= 0.6 is 27.3 Å². The normalized spacial score (nSPS) is 13.1. The summed E-state index contributed by atoms with van der Waals surface area (Å²) in [5.41, 5.74) is 2.81. The summed E-state index contributed by atoms with van der Waals surface area (Å²) < 4.78 is 6.19. The van der Waals surface area contributed by atoms with E-state index < -0.39 is 0 Å². The molecule has 0 aliphatic rings. The molecule has 1 heterocycles. The van der Waals surface area contributed by atoms with E-state index in [1.807, 2.05) is 0 Å². The number of hydrogen-bond donors (Lipinski definition) is 2. The highest BCUT2D eigenvalue weighted by Crippen LogP contribution is 2.24. The molecule has 1 rings (SSSR count). The van der Waals surface area contributed by atoms with Gasteiger partial charge < -0.3 is 4.74 Å². The highest BCUT2D eigenvalue weighted by Gasteiger charge is 2.10. The average Bonchev–Trinajstić information content (AvgIpc) is 2.59. The Hall–Kier alpha value is 0.0600. The largest absolute Gasteiger partial charge is 0.385 e. The van der Waals surface area contributed by atoms with Crippen molar-refractivity contribution in [1.29, 1.82) is 0 Å². The summed E-state index contributed by atoms with van der Waals surface area (Å²) >= 11 is 5.25. The van der Waals surface area contributed by atoms with Crippen LogP contribution in [-0.2, 0) is 11.2 Å². The standard InChI is InChI=1S/C9H15BrN2OS/c1-13-4-2-7(12-11)6-9-8(10)3-5-14-9/h3,5,7,12H,2,4,6,11H2,1H3. The quantitative estimate of drug-likeness (QED) is 0.618. The number of hydrogen-bond acceptors (Lipinski definition) is 4. The second kappa shape index (κ2) is 6.53. The molecule has 0 aliphatic carbocycles. The SMILES string of the molecule is COCCC(Cc1sccc1Br)NN. The molecular formula is C9H15BrN2OS. The number of thiophene rings is 1. The lowest BCUT2D eigenvalue weighted by molar-refractivity contribution is 0.182. The van der Waals surface area contributed by atoms with Crippen molar-refractivity contribution in [3.63, 3.8) is 0 Å². The van der Waals surface area contributed by atoms with E-state index in [-0.39, 0.29) is 6.04 Å². The van der Waals surface area contributed by atoms with Crippen LogP contribution in [0.5, 0.6) is 0 Å². The van der Waals surface area contributed by atoms with E-state index in [2.05, 4.69) is 32.8 Å². The molecular weight excluding hydrogens is 264 g/mol. The number of rotatable bonds is 6. The highest BCUT2D eigenvalue weighted by molar-refractivity contribution is 9.10. The third-order valence-corrected chi connectivity index (χ3v) is 3.98. The summed E-state index contributed by atoms with van der Waals surface area (Å²) in [6, 6.07) is 2.34. The summed E-state index contributed by atoms with van der Waals surface area (Å²) in [5.74, 6) is 5.46. The van der Waals surface area contributed by atoms with Crippen molar-refractivity contribution in [1.82, 2.24) is 5.43 Å². The topological polar surface area (TPSA) is 47.3 Å². The molecule has 80 valence electrons. The molecule has 14 heavy (non-hydrogen) atoms. The fraction of sp³-hybridized carbons (Fsp3) is 0.556. The van der Waals surface area contributed by atoms with Gasteiger partial charge in [-0.1, -0.05) is 0 Å². The van der Waals surface area contributed by atoms with Crippen LogP contribution in [-0.4, -0.2) is 19.8 Å². The van der Waals surface area contributed by atoms with Crippen molar-refractivity contribution in [2.75, 3.05) is 13.7 Å². The van der Waals surface area contributed by atoms with Gasteiger partial charge in [0.15, 0.2) is 0 Å². The van der Waals surface area contributed by atoms with E-state index >= 15 is 0 Å². The molecule has 0 saturated carbocycles. The van der Waals surface area contributed by atoms with Gasteiger partial charge in [-0.05, 0) is 40.2 Å². The van der Waals surface area contributed by atoms with E-state index in [9.17, 15) is 0 Å². The van der Waals surface area contributed by atoms with Crippen LogP contribution in [0.15, 0.2) is 15.9 Å². The first-order valence-electron chi connectivity index (χ1n) is 4.45. The Morgan fingerprint density at radius 2 is 2.50 bits per heavy atom. The zero-order chi connectivity index (χ0) is 10.4. The summed E-state index contributed by atoms with van der Waals surface area (Å²) in [7, 11) is 1.70. The molecule has 0 saturated heterocycles. The lowest BCUT2D eigenvalue weighted by Crippen LogP contribution is -2.37. The molecule has 0 aromatic carbocycles. The van der Waals surface area contributed by atoms with E-state index in [4.69, 9.17) is 10.6 Å². The van der Waals surface area contributed by atoms with Crippen LogP contribution in [0.2, 0.25) is 0 Å². The smallest absolute Gasteiger partial charge is 0.0477 e. The molecule has 0 amide bonds. The molecule has 0 fully saturated rings. The van der Waals surface area contributed by atoms with E-state index in [0.717, 1.165) is 19.4 Å². The number of methoxy groups -OCH3 is 1. The Morgan fingerprint density at radius 3 is 3.00 bits per heavy atom. The molecule has 1 aromatic rings. The lowest BCUT2D eigenvalue weighted by atomic mass is 10.1. The Morgan fingerprint density at radius 1 is 1.71 bits per heavy atom. The van der Waals surface area contributed by atoms with Gasteiger partial charge in [0.05, 0.1) is 0 Å². The highest BCUT2D eigenvalue weighted by atomic mass is 79.9. The number of nitrogens with two attached hydrogens (primary N) is 1. The van der Waals surface area contributed by atoms with Gasteiger partial charge in [0, 0.05) is 29.1 Å². The zero-order valence-corrected chi connectivity index (χ0v) is 10.5. The molecule has 0 aliphatic heterocycles. The van der Waals surface area contributed by atoms with Crippen molar-refractivity contribution in [2.24, 2.45) is 5.84 Å². The minimum atomic E-state index is 0.282. The van der Waals surface area contributed by atoms with Crippen LogP contribution in [0.4, 0.5) is 0 Å². The molecule has 3 nitrogen and oxygen atoms in total. The first-order valence-corrected chi connectivity index (χ1v) is 6.12. The van der Waals surface area contributed by atoms with Crippen molar-refractivity contribution in [3.8, 4) is 0 Å². The number of nitrogens with one attached hydrogen (secondary N) is 1. The minimum Gasteiger partial charge on any atom is -0.385 e. The van der Waals surface area contributed by atoms with Gasteiger partial charge in [0.25, 0.3) is 0 Å². The van der Waals surface area contributed by atoms with Crippen LogP contribution in [0.3, 0.4) is 0 Å². The maximum absolute atomic E-state index is 5.46. The van der Waals surface area contributed by atoms with Gasteiger partial charge >= 0.3 is 0 Å². The summed E-state index contributed by atoms with van der Waals surface area (Å²) in [4.78, 5) is 1.32. The second-order valence-corrected chi connectivity index (χ2v) is 4.90. The lowest BCUT2D eigenvalue weighted by Gasteiger charge is -2.14. The average molecular weight is 279 g/mol. The molecule has 0 radical (unpaired) electrons. The van der Waals surface area contributed by atoms with Gasteiger partial charge in [0.2, 0.25) is 0 Å². The molecule has 5 heteroatoms. The molecule has 0 spiro atoms. The first kappa shape index (κ1) is 12.1. The Kier molecular flexibility index (Phi) is 5.66. The van der Waals surface area contributed by atoms with Crippen molar-refractivity contribution in [3.05, 3.63) is 20.8 Å². The third-order valence-electron chi connectivity index (χ3n) is 2.03. The fourth-order valence-corrected chi connectivity index (χ4v) is 2.79. The summed E-state index contributed by atoms with van der Waals surface area (Å²) in [6.45, 7) is 0.734. The maximum atomic E-state index is 5.46. The van der Waals surface area contributed by atoms with Crippen molar-refractivity contribution < 1.29 is 4.74 Å². The predicted octanol–water partition coefficient (Wildman–Crippen LogP) is 1.92. The Bertz CT molecular complexity index is 267. The van der Waals surface area contributed by atoms with Crippen LogP contribution in [0, 0.1) is 0 Å². The maximum Gasteiger partial charge on any atom is 0.0477 e. The monoisotopic (exact) mass is 278 g/mol. The van der Waals surface area contributed by atoms with E-state index in [1.54, 1.807) is 18.4 Å². The van der Waals surface area contributed by atoms with Gasteiger partial charge in [-0.25, -0.2) is 0 Å². The van der Waals surface area contributed by atoms with E-state index in [0.29, 0.717) is 0 Å². The Labute approximate surface area is 96.7 Å². The van der Waals surface area contributed by atoms with Gasteiger partial charge in [0.1, 0.15) is 0 Å². The van der Waals surface area contributed by atoms with Crippen LogP contribution < -0.4 is 11.3 Å². The van der Waals surface area contributed by atoms with Gasteiger partial charge in [-0.3, -0.25) is 11.3 Å². The molecule has 1 aromatic heterocycles. The fourth-order valence-electron chi connectivity index (χ4n) is 1.20. The van der Waals surface area contributed by atoms with Crippen LogP contribution in [0.25, 0.3) is 0 Å². The number of halogens is 1. The van der Waals surface area contributed by atoms with Crippen molar-refractivity contribution in [2.45, 2.75) is 18.9 Å². The minimum absolute atomic E-state index is 0.282. The zero-order valence-electron chi connectivity index (χ0n) is 8.13. The van der Waals surface area contributed by atoms with Crippen molar-refractivity contribution >= 4 is 27.3 Å². The second-order valence-electron chi connectivity index (χ2n) is 3.04. The molecule has 1 atom stereocenters. The van der Waals surface area contributed by atoms with E-state index in [1.165, 1.54) is 9.35 Å². The third kappa shape index (κ3) is 3.67. The van der Waals surface area contributed by atoms with Crippen LogP contribution in [0.1, 0.15) is 11.3 Å².